The minimum absolute atomic E-state index is 0.250. The SMILES string of the molecule is CCOC(=O)CCc1cc(C(=O)OCC)ccc1OCC. The lowest BCUT2D eigenvalue weighted by atomic mass is 10.0. The maximum atomic E-state index is 11.8. The first kappa shape index (κ1) is 17.0. The van der Waals surface area contributed by atoms with E-state index in [-0.39, 0.29) is 18.4 Å². The quantitative estimate of drug-likeness (QED) is 0.690. The van der Waals surface area contributed by atoms with Crippen LogP contribution >= 0.6 is 0 Å². The van der Waals surface area contributed by atoms with Gasteiger partial charge < -0.3 is 14.2 Å². The zero-order valence-electron chi connectivity index (χ0n) is 12.8. The molecule has 0 aromatic heterocycles. The Morgan fingerprint density at radius 2 is 1.71 bits per heavy atom. The van der Waals surface area contributed by atoms with Crippen molar-refractivity contribution in [2.24, 2.45) is 0 Å². The van der Waals surface area contributed by atoms with E-state index < -0.39 is 0 Å². The highest BCUT2D eigenvalue weighted by atomic mass is 16.5. The van der Waals surface area contributed by atoms with E-state index in [1.165, 1.54) is 0 Å². The van der Waals surface area contributed by atoms with Crippen molar-refractivity contribution in [3.8, 4) is 5.75 Å². The maximum absolute atomic E-state index is 11.8. The molecule has 0 saturated carbocycles. The van der Waals surface area contributed by atoms with Crippen molar-refractivity contribution >= 4 is 11.9 Å². The Labute approximate surface area is 125 Å². The Morgan fingerprint density at radius 3 is 2.33 bits per heavy atom. The van der Waals surface area contributed by atoms with E-state index in [4.69, 9.17) is 14.2 Å². The molecule has 0 radical (unpaired) electrons. The van der Waals surface area contributed by atoms with E-state index in [1.54, 1.807) is 32.0 Å². The van der Waals surface area contributed by atoms with Gasteiger partial charge in [0.1, 0.15) is 5.75 Å². The van der Waals surface area contributed by atoms with Crippen LogP contribution in [0.3, 0.4) is 0 Å². The van der Waals surface area contributed by atoms with E-state index in [9.17, 15) is 9.59 Å². The normalized spacial score (nSPS) is 10.0. The van der Waals surface area contributed by atoms with E-state index >= 15 is 0 Å². The lowest BCUT2D eigenvalue weighted by Gasteiger charge is -2.11. The summed E-state index contributed by atoms with van der Waals surface area (Å²) in [6.45, 7) is 6.61. The standard InChI is InChI=1S/C16H22O5/c1-4-19-14-9-7-13(16(18)21-6-3)11-12(14)8-10-15(17)20-5-2/h7,9,11H,4-6,8,10H2,1-3H3. The van der Waals surface area contributed by atoms with Gasteiger partial charge in [-0.2, -0.15) is 0 Å². The largest absolute Gasteiger partial charge is 0.494 e. The molecule has 0 saturated heterocycles. The molecule has 1 aromatic rings. The number of aryl methyl sites for hydroxylation is 1. The molecule has 0 amide bonds. The number of carbonyl (C=O) groups excluding carboxylic acids is 2. The highest BCUT2D eigenvalue weighted by Gasteiger charge is 2.13. The molecule has 5 heteroatoms. The topological polar surface area (TPSA) is 61.8 Å². The van der Waals surface area contributed by atoms with Crippen molar-refractivity contribution in [2.75, 3.05) is 19.8 Å². The van der Waals surface area contributed by atoms with Gasteiger partial charge in [0, 0.05) is 6.42 Å². The molecule has 0 unspecified atom stereocenters. The van der Waals surface area contributed by atoms with Crippen LogP contribution in [0.1, 0.15) is 43.1 Å². The van der Waals surface area contributed by atoms with Crippen LogP contribution in [0.4, 0.5) is 0 Å². The van der Waals surface area contributed by atoms with Crippen LogP contribution in [0.2, 0.25) is 0 Å². The predicted octanol–water partition coefficient (Wildman–Crippen LogP) is 2.76. The average Bonchev–Trinajstić information content (AvgIpc) is 2.47. The van der Waals surface area contributed by atoms with E-state index in [2.05, 4.69) is 0 Å². The smallest absolute Gasteiger partial charge is 0.338 e. The second-order valence-corrected chi connectivity index (χ2v) is 4.28. The van der Waals surface area contributed by atoms with Gasteiger partial charge in [-0.25, -0.2) is 4.79 Å². The summed E-state index contributed by atoms with van der Waals surface area (Å²) >= 11 is 0. The molecule has 1 rings (SSSR count). The first-order valence-corrected chi connectivity index (χ1v) is 7.20. The third-order valence-electron chi connectivity index (χ3n) is 2.78. The predicted molar refractivity (Wildman–Crippen MR) is 78.5 cm³/mol. The van der Waals surface area contributed by atoms with Crippen molar-refractivity contribution in [1.29, 1.82) is 0 Å². The molecule has 21 heavy (non-hydrogen) atoms. The molecule has 0 fully saturated rings. The van der Waals surface area contributed by atoms with Crippen molar-refractivity contribution in [2.45, 2.75) is 33.6 Å². The number of benzene rings is 1. The number of ether oxygens (including phenoxy) is 3. The Bertz CT molecular complexity index is 482. The Kier molecular flexibility index (Phi) is 7.29. The van der Waals surface area contributed by atoms with Crippen LogP contribution in [0.15, 0.2) is 18.2 Å². The highest BCUT2D eigenvalue weighted by molar-refractivity contribution is 5.89. The minimum Gasteiger partial charge on any atom is -0.494 e. The van der Waals surface area contributed by atoms with Crippen LogP contribution in [0.5, 0.6) is 5.75 Å². The first-order valence-electron chi connectivity index (χ1n) is 7.20. The first-order chi connectivity index (χ1) is 10.1. The van der Waals surface area contributed by atoms with Crippen LogP contribution in [-0.4, -0.2) is 31.8 Å². The van der Waals surface area contributed by atoms with Crippen LogP contribution in [-0.2, 0) is 20.7 Å². The summed E-state index contributed by atoms with van der Waals surface area (Å²) in [5, 5.41) is 0. The fourth-order valence-corrected chi connectivity index (χ4v) is 1.88. The van der Waals surface area contributed by atoms with Crippen molar-refractivity contribution in [3.05, 3.63) is 29.3 Å². The molecule has 0 N–H and O–H groups in total. The van der Waals surface area contributed by atoms with Gasteiger partial charge >= 0.3 is 11.9 Å². The number of hydrogen-bond acceptors (Lipinski definition) is 5. The van der Waals surface area contributed by atoms with Gasteiger partial charge in [0.15, 0.2) is 0 Å². The molecule has 1 aromatic carbocycles. The summed E-state index contributed by atoms with van der Waals surface area (Å²) in [4.78, 5) is 23.2. The molecule has 5 nitrogen and oxygen atoms in total. The van der Waals surface area contributed by atoms with Crippen LogP contribution in [0.25, 0.3) is 0 Å². The summed E-state index contributed by atoms with van der Waals surface area (Å²) < 4.78 is 15.4. The lowest BCUT2D eigenvalue weighted by molar-refractivity contribution is -0.143. The third kappa shape index (κ3) is 5.45. The second-order valence-electron chi connectivity index (χ2n) is 4.28. The zero-order chi connectivity index (χ0) is 15.7. The summed E-state index contributed by atoms with van der Waals surface area (Å²) in [5.74, 6) is 0.0364. The molecular formula is C16H22O5. The molecule has 0 spiro atoms. The lowest BCUT2D eigenvalue weighted by Crippen LogP contribution is -2.09. The Morgan fingerprint density at radius 1 is 1.00 bits per heavy atom. The molecule has 0 heterocycles. The second kappa shape index (κ2) is 9.00. The van der Waals surface area contributed by atoms with E-state index in [0.717, 1.165) is 5.56 Å². The maximum Gasteiger partial charge on any atom is 0.338 e. The van der Waals surface area contributed by atoms with Crippen LogP contribution in [0, 0.1) is 0 Å². The molecule has 0 bridgehead atoms. The number of carbonyl (C=O) groups is 2. The molecule has 0 aliphatic rings. The minimum atomic E-state index is -0.377. The van der Waals surface area contributed by atoms with E-state index in [0.29, 0.717) is 37.6 Å². The zero-order valence-corrected chi connectivity index (χ0v) is 12.8. The van der Waals surface area contributed by atoms with Crippen molar-refractivity contribution in [1.82, 2.24) is 0 Å². The highest BCUT2D eigenvalue weighted by Crippen LogP contribution is 2.22. The Hall–Kier alpha value is -2.04. The fraction of sp³-hybridized carbons (Fsp3) is 0.500. The fourth-order valence-electron chi connectivity index (χ4n) is 1.88. The number of esters is 2. The van der Waals surface area contributed by atoms with Gasteiger partial charge in [0.05, 0.1) is 25.4 Å². The summed E-state index contributed by atoms with van der Waals surface area (Å²) in [5.41, 5.74) is 1.26. The van der Waals surface area contributed by atoms with Gasteiger partial charge in [-0.3, -0.25) is 4.79 Å². The Balaban J connectivity index is 2.87. The van der Waals surface area contributed by atoms with Crippen molar-refractivity contribution in [3.63, 3.8) is 0 Å². The van der Waals surface area contributed by atoms with Gasteiger partial charge in [0.2, 0.25) is 0 Å². The van der Waals surface area contributed by atoms with E-state index in [1.807, 2.05) is 6.92 Å². The van der Waals surface area contributed by atoms with Gasteiger partial charge in [0.25, 0.3) is 0 Å². The monoisotopic (exact) mass is 294 g/mol. The average molecular weight is 294 g/mol. The van der Waals surface area contributed by atoms with Gasteiger partial charge in [-0.1, -0.05) is 0 Å². The summed E-state index contributed by atoms with van der Waals surface area (Å²) in [6, 6.07) is 5.11. The molecular weight excluding hydrogens is 272 g/mol. The number of hydrogen-bond donors (Lipinski definition) is 0. The molecule has 0 aliphatic carbocycles. The number of rotatable bonds is 8. The van der Waals surface area contributed by atoms with Gasteiger partial charge in [-0.05, 0) is 51.0 Å². The molecule has 0 aliphatic heterocycles. The van der Waals surface area contributed by atoms with Crippen LogP contribution < -0.4 is 4.74 Å². The molecule has 116 valence electrons. The van der Waals surface area contributed by atoms with Crippen molar-refractivity contribution < 1.29 is 23.8 Å². The van der Waals surface area contributed by atoms with Gasteiger partial charge in [-0.15, -0.1) is 0 Å². The molecule has 0 atom stereocenters. The summed E-state index contributed by atoms with van der Waals surface area (Å²) in [6.07, 6.45) is 0.710. The third-order valence-corrected chi connectivity index (χ3v) is 2.78. The summed E-state index contributed by atoms with van der Waals surface area (Å²) in [7, 11) is 0.